The second kappa shape index (κ2) is 16.3. The van der Waals surface area contributed by atoms with Crippen molar-refractivity contribution in [2.45, 2.75) is 103 Å². The number of carboxylic acids is 1. The minimum absolute atomic E-state index is 0.191. The van der Waals surface area contributed by atoms with E-state index >= 15 is 0 Å². The average molecular weight is 800 g/mol. The molecule has 5 aromatic rings. The smallest absolute Gasteiger partial charge is 0.303 e. The molecule has 10 rings (SSSR count). The Morgan fingerprint density at radius 1 is 0.862 bits per heavy atom. The quantitative estimate of drug-likeness (QED) is 0.0891. The lowest BCUT2D eigenvalue weighted by Crippen LogP contribution is -2.48. The summed E-state index contributed by atoms with van der Waals surface area (Å²) in [5, 5.41) is 20.7. The zero-order valence-electron chi connectivity index (χ0n) is 33.3. The number of benzene rings is 2. The van der Waals surface area contributed by atoms with Crippen LogP contribution in [0.5, 0.6) is 0 Å². The summed E-state index contributed by atoms with van der Waals surface area (Å²) in [5.41, 5.74) is 7.04. The predicted octanol–water partition coefficient (Wildman–Crippen LogP) is 9.05. The van der Waals surface area contributed by atoms with E-state index in [9.17, 15) is 14.4 Å². The van der Waals surface area contributed by atoms with E-state index in [1.54, 1.807) is 0 Å². The number of para-hydroxylation sites is 1. The molecule has 0 unspecified atom stereocenters. The van der Waals surface area contributed by atoms with Crippen LogP contribution in [0.25, 0.3) is 21.3 Å². The topological polar surface area (TPSA) is 142 Å². The van der Waals surface area contributed by atoms with E-state index in [0.717, 1.165) is 94.6 Å². The first kappa shape index (κ1) is 38.4. The van der Waals surface area contributed by atoms with Gasteiger partial charge in [0.1, 0.15) is 11.5 Å². The molecule has 58 heavy (non-hydrogen) atoms. The van der Waals surface area contributed by atoms with Crippen LogP contribution in [0.2, 0.25) is 0 Å². The van der Waals surface area contributed by atoms with Crippen LogP contribution >= 0.6 is 11.3 Å². The maximum absolute atomic E-state index is 14.1. The van der Waals surface area contributed by atoms with Crippen LogP contribution in [0.4, 0.5) is 10.9 Å². The first-order valence-electron chi connectivity index (χ1n) is 21.3. The largest absolute Gasteiger partial charge is 0.481 e. The molecule has 3 aromatic heterocycles. The van der Waals surface area contributed by atoms with E-state index in [4.69, 9.17) is 15.2 Å². The average Bonchev–Trinajstić information content (AvgIpc) is 3.78. The number of anilines is 2. The predicted molar refractivity (Wildman–Crippen MR) is 227 cm³/mol. The van der Waals surface area contributed by atoms with Gasteiger partial charge in [-0.3, -0.25) is 24.4 Å². The van der Waals surface area contributed by atoms with Crippen molar-refractivity contribution < 1.29 is 19.5 Å². The van der Waals surface area contributed by atoms with Gasteiger partial charge in [-0.05, 0) is 129 Å². The van der Waals surface area contributed by atoms with Gasteiger partial charge in [-0.1, -0.05) is 54.9 Å². The molecule has 0 spiro atoms. The summed E-state index contributed by atoms with van der Waals surface area (Å²) in [5.74, 6) is 2.12. The standard InChI is InChI=1S/C46H53N7O4S/c1-29-36(26-48-53(29)28-46-23-30-20-31(24-46)22-32(21-30)25-46)34-15-16-40(50-42(34)44(57)47-18-8-4-2-3-5-14-41(54)55)52-19-17-33-10-9-11-35(37(33)27-52)43(56)51-45-49-38-12-6-7-13-39(38)58-45/h6-7,9-13,15-16,26,30-32H,2-5,8,14,17-25,27-28H2,1H3,(H,47,57)(H,54,55)(H,49,51,56). The number of hydrogen-bond donors (Lipinski definition) is 3. The van der Waals surface area contributed by atoms with E-state index in [1.165, 1.54) is 49.9 Å². The number of hydrogen-bond acceptors (Lipinski definition) is 8. The maximum atomic E-state index is 14.1. The molecule has 4 heterocycles. The Bertz CT molecular complexity index is 2280. The van der Waals surface area contributed by atoms with Crippen molar-refractivity contribution >= 4 is 50.3 Å². The number of aromatic nitrogens is 4. The molecule has 0 radical (unpaired) electrons. The molecule has 0 atom stereocenters. The summed E-state index contributed by atoms with van der Waals surface area (Å²) in [6, 6.07) is 17.8. The fourth-order valence-electron chi connectivity index (χ4n) is 11.0. The molecule has 4 saturated carbocycles. The zero-order valence-corrected chi connectivity index (χ0v) is 34.2. The number of amides is 2. The van der Waals surface area contributed by atoms with Gasteiger partial charge in [-0.25, -0.2) is 9.97 Å². The SMILES string of the molecule is Cc1c(-c2ccc(N3CCc4cccc(C(=O)Nc5nc6ccccc6s5)c4C3)nc2C(=O)NCCCCCCCC(=O)O)cnn1CC12CC3CC(CC(C3)C1)C2. The number of aliphatic carboxylic acids is 1. The Morgan fingerprint density at radius 2 is 1.62 bits per heavy atom. The summed E-state index contributed by atoms with van der Waals surface area (Å²) in [6.45, 7) is 4.76. The highest BCUT2D eigenvalue weighted by Gasteiger charge is 2.51. The van der Waals surface area contributed by atoms with Gasteiger partial charge >= 0.3 is 5.97 Å². The van der Waals surface area contributed by atoms with Crippen LogP contribution in [0.15, 0.2) is 60.8 Å². The number of nitrogens with one attached hydrogen (secondary N) is 2. The first-order valence-corrected chi connectivity index (χ1v) is 22.1. The summed E-state index contributed by atoms with van der Waals surface area (Å²) in [4.78, 5) is 50.7. The molecule has 3 N–H and O–H groups in total. The van der Waals surface area contributed by atoms with Gasteiger partial charge in [0.05, 0.1) is 16.4 Å². The third-order valence-corrected chi connectivity index (χ3v) is 14.3. The molecule has 2 amide bonds. The lowest BCUT2D eigenvalue weighted by Gasteiger charge is -2.56. The van der Waals surface area contributed by atoms with E-state index in [1.807, 2.05) is 54.7 Å². The monoisotopic (exact) mass is 799 g/mol. The first-order chi connectivity index (χ1) is 28.2. The summed E-state index contributed by atoms with van der Waals surface area (Å²) in [7, 11) is 0. The van der Waals surface area contributed by atoms with Gasteiger partial charge in [0.2, 0.25) is 0 Å². The van der Waals surface area contributed by atoms with Crippen LogP contribution in [0.3, 0.4) is 0 Å². The highest BCUT2D eigenvalue weighted by molar-refractivity contribution is 7.22. The normalized spacial score (nSPS) is 21.9. The van der Waals surface area contributed by atoms with E-state index in [2.05, 4.69) is 38.2 Å². The molecule has 4 fully saturated rings. The third-order valence-electron chi connectivity index (χ3n) is 13.3. The molecular weight excluding hydrogens is 747 g/mol. The molecule has 12 heteroatoms. The van der Waals surface area contributed by atoms with Crippen LogP contribution in [-0.2, 0) is 24.3 Å². The summed E-state index contributed by atoms with van der Waals surface area (Å²) in [6.07, 6.45) is 15.2. The van der Waals surface area contributed by atoms with E-state index < -0.39 is 5.97 Å². The molecule has 4 aliphatic carbocycles. The van der Waals surface area contributed by atoms with Crippen molar-refractivity contribution in [2.24, 2.45) is 23.2 Å². The molecule has 4 bridgehead atoms. The number of thiazole rings is 1. The number of carbonyl (C=O) groups is 3. The Morgan fingerprint density at radius 3 is 2.40 bits per heavy atom. The third kappa shape index (κ3) is 8.00. The number of pyridine rings is 1. The van der Waals surface area contributed by atoms with Gasteiger partial charge in [-0.2, -0.15) is 5.10 Å². The fraction of sp³-hybridized carbons (Fsp3) is 0.478. The van der Waals surface area contributed by atoms with Gasteiger partial charge in [-0.15, -0.1) is 0 Å². The van der Waals surface area contributed by atoms with Crippen molar-refractivity contribution in [2.75, 3.05) is 23.3 Å². The molecule has 302 valence electrons. The molecular formula is C46H53N7O4S. The minimum Gasteiger partial charge on any atom is -0.481 e. The van der Waals surface area contributed by atoms with E-state index in [0.29, 0.717) is 53.7 Å². The van der Waals surface area contributed by atoms with Crippen LogP contribution in [0.1, 0.15) is 115 Å². The molecule has 0 saturated heterocycles. The van der Waals surface area contributed by atoms with Gasteiger partial charge < -0.3 is 15.3 Å². The Kier molecular flexibility index (Phi) is 10.8. The highest BCUT2D eigenvalue weighted by Crippen LogP contribution is 2.60. The number of unbranched alkanes of at least 4 members (excludes halogenated alkanes) is 4. The van der Waals surface area contributed by atoms with E-state index in [-0.39, 0.29) is 18.2 Å². The van der Waals surface area contributed by atoms with Crippen molar-refractivity contribution in [3.8, 4) is 11.1 Å². The Labute approximate surface area is 343 Å². The van der Waals surface area contributed by atoms with Crippen molar-refractivity contribution in [3.63, 3.8) is 0 Å². The number of rotatable bonds is 15. The molecule has 11 nitrogen and oxygen atoms in total. The summed E-state index contributed by atoms with van der Waals surface area (Å²) < 4.78 is 3.22. The van der Waals surface area contributed by atoms with Gasteiger partial charge in [0.25, 0.3) is 11.8 Å². The summed E-state index contributed by atoms with van der Waals surface area (Å²) >= 11 is 1.46. The van der Waals surface area contributed by atoms with Gasteiger partial charge in [0, 0.05) is 55.0 Å². The highest BCUT2D eigenvalue weighted by atomic mass is 32.1. The number of fused-ring (bicyclic) bond motifs is 2. The number of carboxylic acid groups (broad SMARTS) is 1. The molecule has 5 aliphatic rings. The Balaban J connectivity index is 0.954. The molecule has 1 aliphatic heterocycles. The fourth-order valence-corrected chi connectivity index (χ4v) is 11.8. The minimum atomic E-state index is -0.758. The lowest BCUT2D eigenvalue weighted by molar-refractivity contribution is -0.137. The molecule has 2 aromatic carbocycles. The maximum Gasteiger partial charge on any atom is 0.303 e. The van der Waals surface area contributed by atoms with Crippen LogP contribution < -0.4 is 15.5 Å². The van der Waals surface area contributed by atoms with Crippen molar-refractivity contribution in [3.05, 3.63) is 88.9 Å². The zero-order chi connectivity index (χ0) is 39.8. The lowest BCUT2D eigenvalue weighted by atomic mass is 9.49. The number of nitrogens with zero attached hydrogens (tertiary/aromatic N) is 5. The van der Waals surface area contributed by atoms with Crippen molar-refractivity contribution in [1.29, 1.82) is 0 Å². The van der Waals surface area contributed by atoms with Crippen molar-refractivity contribution in [1.82, 2.24) is 25.1 Å². The second-order valence-electron chi connectivity index (χ2n) is 17.5. The number of carbonyl (C=O) groups excluding carboxylic acids is 2. The van der Waals surface area contributed by atoms with Gasteiger partial charge in [0.15, 0.2) is 5.13 Å². The van der Waals surface area contributed by atoms with Crippen LogP contribution in [-0.4, -0.2) is 55.7 Å². The van der Waals surface area contributed by atoms with Crippen LogP contribution in [0, 0.1) is 30.1 Å². The Hall–Kier alpha value is -5.10. The second-order valence-corrected chi connectivity index (χ2v) is 18.5.